The van der Waals surface area contributed by atoms with Crippen molar-refractivity contribution in [2.24, 2.45) is 0 Å². The summed E-state index contributed by atoms with van der Waals surface area (Å²) in [6.45, 7) is -0.288. The molecule has 0 aliphatic carbocycles. The summed E-state index contributed by atoms with van der Waals surface area (Å²) in [5, 5.41) is 0.664. The second kappa shape index (κ2) is 10.0. The molecule has 0 unspecified atom stereocenters. The van der Waals surface area contributed by atoms with Gasteiger partial charge in [0.05, 0.1) is 32.0 Å². The van der Waals surface area contributed by atoms with Gasteiger partial charge in [-0.1, -0.05) is 12.1 Å². The number of rotatable bonds is 7. The molecule has 1 amide bonds. The van der Waals surface area contributed by atoms with Crippen LogP contribution in [0.1, 0.15) is 16.7 Å². The topological polar surface area (TPSA) is 60.9 Å². The highest BCUT2D eigenvalue weighted by Crippen LogP contribution is 2.37. The highest BCUT2D eigenvalue weighted by molar-refractivity contribution is 7.98. The quantitative estimate of drug-likeness (QED) is 0.266. The fraction of sp³-hybridized carbons (Fsp3) is 0.185. The van der Waals surface area contributed by atoms with E-state index in [-0.39, 0.29) is 18.7 Å². The Morgan fingerprint density at radius 1 is 1.00 bits per heavy atom. The number of hydrogen-bond donors (Lipinski definition) is 0. The lowest BCUT2D eigenvalue weighted by atomic mass is 10.1. The third kappa shape index (κ3) is 4.66. The van der Waals surface area contributed by atoms with Crippen molar-refractivity contribution < 1.29 is 27.8 Å². The third-order valence-corrected chi connectivity index (χ3v) is 7.01. The standard InChI is InChI=1S/C27H22F2N2O4S/c1-33-18-5-3-16(4-6-18)15-36-20-10-23(28)22(24(29)11-20)13-31-26-17(14-35-27(31)32)12-30-25-9-19(34-2)7-8-21(25)26/h3-12H,13-15H2,1-2H3. The van der Waals surface area contributed by atoms with E-state index < -0.39 is 17.7 Å². The summed E-state index contributed by atoms with van der Waals surface area (Å²) in [4.78, 5) is 18.8. The second-order valence-electron chi connectivity index (χ2n) is 8.16. The number of carbonyl (C=O) groups excluding carboxylic acids is 1. The van der Waals surface area contributed by atoms with Crippen molar-refractivity contribution in [1.82, 2.24) is 4.98 Å². The molecule has 2 heterocycles. The smallest absolute Gasteiger partial charge is 0.414 e. The van der Waals surface area contributed by atoms with Gasteiger partial charge in [0.15, 0.2) is 0 Å². The maximum Gasteiger partial charge on any atom is 0.414 e. The van der Waals surface area contributed by atoms with E-state index in [2.05, 4.69) is 4.98 Å². The molecule has 6 nitrogen and oxygen atoms in total. The molecule has 3 aromatic carbocycles. The first-order valence-corrected chi connectivity index (χ1v) is 12.1. The van der Waals surface area contributed by atoms with Crippen LogP contribution in [0, 0.1) is 11.6 Å². The summed E-state index contributed by atoms with van der Waals surface area (Å²) in [6, 6.07) is 15.3. The molecule has 0 saturated heterocycles. The first kappa shape index (κ1) is 23.9. The molecule has 0 spiro atoms. The second-order valence-corrected chi connectivity index (χ2v) is 9.21. The summed E-state index contributed by atoms with van der Waals surface area (Å²) in [5.74, 6) is 0.432. The molecular formula is C27H22F2N2O4S. The number of halogens is 2. The van der Waals surface area contributed by atoms with E-state index in [1.807, 2.05) is 24.3 Å². The van der Waals surface area contributed by atoms with Gasteiger partial charge in [-0.3, -0.25) is 9.88 Å². The van der Waals surface area contributed by atoms with Gasteiger partial charge in [-0.15, -0.1) is 11.8 Å². The van der Waals surface area contributed by atoms with Gasteiger partial charge in [-0.2, -0.15) is 0 Å². The van der Waals surface area contributed by atoms with Crippen molar-refractivity contribution in [3.05, 3.63) is 89.1 Å². The van der Waals surface area contributed by atoms with Crippen LogP contribution in [0.15, 0.2) is 65.7 Å². The lowest BCUT2D eigenvalue weighted by molar-refractivity contribution is 0.141. The Kier molecular flexibility index (Phi) is 6.65. The van der Waals surface area contributed by atoms with Crippen LogP contribution >= 0.6 is 11.8 Å². The van der Waals surface area contributed by atoms with Crippen molar-refractivity contribution in [2.75, 3.05) is 19.1 Å². The number of pyridine rings is 1. The number of carbonyl (C=O) groups is 1. The van der Waals surface area contributed by atoms with Crippen molar-refractivity contribution in [2.45, 2.75) is 23.8 Å². The summed E-state index contributed by atoms with van der Waals surface area (Å²) in [7, 11) is 3.14. The van der Waals surface area contributed by atoms with Crippen molar-refractivity contribution >= 4 is 34.4 Å². The Labute approximate surface area is 210 Å². The molecule has 184 valence electrons. The largest absolute Gasteiger partial charge is 0.497 e. The molecule has 5 rings (SSSR count). The molecule has 0 atom stereocenters. The van der Waals surface area contributed by atoms with E-state index in [9.17, 15) is 4.79 Å². The minimum Gasteiger partial charge on any atom is -0.497 e. The predicted octanol–water partition coefficient (Wildman–Crippen LogP) is 6.48. The van der Waals surface area contributed by atoms with E-state index in [0.717, 1.165) is 11.3 Å². The third-order valence-electron chi connectivity index (χ3n) is 5.96. The Hall–Kier alpha value is -3.85. The highest BCUT2D eigenvalue weighted by atomic mass is 32.2. The molecule has 0 fully saturated rings. The number of methoxy groups -OCH3 is 2. The highest BCUT2D eigenvalue weighted by Gasteiger charge is 2.30. The number of ether oxygens (including phenoxy) is 3. The predicted molar refractivity (Wildman–Crippen MR) is 134 cm³/mol. The molecule has 0 N–H and O–H groups in total. The summed E-state index contributed by atoms with van der Waals surface area (Å²) < 4.78 is 45.9. The number of fused-ring (bicyclic) bond motifs is 3. The average Bonchev–Trinajstić information content (AvgIpc) is 2.90. The van der Waals surface area contributed by atoms with Crippen molar-refractivity contribution in [3.8, 4) is 11.5 Å². The first-order valence-electron chi connectivity index (χ1n) is 11.1. The van der Waals surface area contributed by atoms with Crippen molar-refractivity contribution in [1.29, 1.82) is 0 Å². The number of hydrogen-bond acceptors (Lipinski definition) is 6. The van der Waals surface area contributed by atoms with Crippen LogP contribution in [0.5, 0.6) is 11.5 Å². The fourth-order valence-electron chi connectivity index (χ4n) is 4.06. The number of cyclic esters (lactones) is 1. The van der Waals surface area contributed by atoms with Crippen LogP contribution in [-0.4, -0.2) is 25.3 Å². The average molecular weight is 509 g/mol. The van der Waals surface area contributed by atoms with Crippen LogP contribution in [0.3, 0.4) is 0 Å². The molecule has 1 aromatic heterocycles. The van der Waals surface area contributed by atoms with E-state index >= 15 is 8.78 Å². The Bertz CT molecular complexity index is 1420. The van der Waals surface area contributed by atoms with Gasteiger partial charge in [0, 0.05) is 39.4 Å². The minimum absolute atomic E-state index is 0.0333. The fourth-order valence-corrected chi connectivity index (χ4v) is 4.96. The van der Waals surface area contributed by atoms with Gasteiger partial charge in [-0.05, 0) is 42.0 Å². The number of anilines is 1. The van der Waals surface area contributed by atoms with Crippen LogP contribution in [-0.2, 0) is 23.6 Å². The van der Waals surface area contributed by atoms with Crippen LogP contribution in [0.4, 0.5) is 19.3 Å². The van der Waals surface area contributed by atoms with E-state index in [1.54, 1.807) is 38.6 Å². The maximum absolute atomic E-state index is 15.1. The number of benzene rings is 3. The zero-order valence-electron chi connectivity index (χ0n) is 19.6. The number of thioether (sulfide) groups is 1. The van der Waals surface area contributed by atoms with Gasteiger partial charge in [-0.25, -0.2) is 13.6 Å². The van der Waals surface area contributed by atoms with E-state index in [4.69, 9.17) is 14.2 Å². The molecule has 0 radical (unpaired) electrons. The van der Waals surface area contributed by atoms with Crippen LogP contribution < -0.4 is 14.4 Å². The first-order chi connectivity index (χ1) is 17.5. The minimum atomic E-state index is -0.729. The lowest BCUT2D eigenvalue weighted by Crippen LogP contribution is -2.36. The summed E-state index contributed by atoms with van der Waals surface area (Å²) >= 11 is 1.32. The maximum atomic E-state index is 15.1. The monoisotopic (exact) mass is 508 g/mol. The zero-order valence-corrected chi connectivity index (χ0v) is 20.4. The summed E-state index contributed by atoms with van der Waals surface area (Å²) in [5.41, 5.74) is 2.55. The molecule has 4 aromatic rings. The van der Waals surface area contributed by atoms with Gasteiger partial charge in [0.2, 0.25) is 0 Å². The van der Waals surface area contributed by atoms with E-state index in [1.165, 1.54) is 28.8 Å². The molecule has 36 heavy (non-hydrogen) atoms. The van der Waals surface area contributed by atoms with E-state index in [0.29, 0.717) is 38.6 Å². The van der Waals surface area contributed by atoms with Gasteiger partial charge >= 0.3 is 6.09 Å². The molecular weight excluding hydrogens is 486 g/mol. The van der Waals surface area contributed by atoms with Gasteiger partial charge in [0.1, 0.15) is 29.7 Å². The van der Waals surface area contributed by atoms with Crippen molar-refractivity contribution in [3.63, 3.8) is 0 Å². The van der Waals surface area contributed by atoms with Gasteiger partial charge < -0.3 is 14.2 Å². The molecule has 0 bridgehead atoms. The SMILES string of the molecule is COc1ccc(CSc2cc(F)c(CN3C(=O)OCc4cnc5cc(OC)ccc5c43)c(F)c2)cc1. The number of nitrogens with zero attached hydrogens (tertiary/aromatic N) is 2. The Morgan fingerprint density at radius 2 is 1.69 bits per heavy atom. The van der Waals surface area contributed by atoms with Crippen LogP contribution in [0.25, 0.3) is 10.9 Å². The molecule has 1 aliphatic rings. The molecule has 0 saturated carbocycles. The molecule has 9 heteroatoms. The Morgan fingerprint density at radius 3 is 2.39 bits per heavy atom. The van der Waals surface area contributed by atoms with Crippen LogP contribution in [0.2, 0.25) is 0 Å². The zero-order chi connectivity index (χ0) is 25.2. The Balaban J connectivity index is 1.42. The number of amides is 1. The normalized spacial score (nSPS) is 12.9. The summed E-state index contributed by atoms with van der Waals surface area (Å²) in [6.07, 6.45) is 0.921. The molecule has 1 aliphatic heterocycles. The number of aromatic nitrogens is 1. The van der Waals surface area contributed by atoms with Gasteiger partial charge in [0.25, 0.3) is 0 Å². The lowest BCUT2D eigenvalue weighted by Gasteiger charge is -2.30.